The molecule has 316 valence electrons. The van der Waals surface area contributed by atoms with Gasteiger partial charge in [0.1, 0.15) is 11.2 Å². The van der Waals surface area contributed by atoms with Crippen molar-refractivity contribution in [1.82, 2.24) is 15.0 Å². The molecule has 12 aromatic rings. The summed E-state index contributed by atoms with van der Waals surface area (Å²) in [7, 11) is 0. The Balaban J connectivity index is 0.891. The number of hydrogen-bond acceptors (Lipinski definition) is 4. The molecule has 4 heteroatoms. The second kappa shape index (κ2) is 15.0. The van der Waals surface area contributed by atoms with Crippen molar-refractivity contribution in [3.63, 3.8) is 0 Å². The van der Waals surface area contributed by atoms with Gasteiger partial charge in [-0.1, -0.05) is 194 Å². The van der Waals surface area contributed by atoms with Gasteiger partial charge in [-0.2, -0.15) is 0 Å². The fourth-order valence-electron chi connectivity index (χ4n) is 11.2. The molecule has 0 unspecified atom stereocenters. The molecule has 1 spiro atoms. The third kappa shape index (κ3) is 5.77. The van der Waals surface area contributed by atoms with Crippen LogP contribution in [0.3, 0.4) is 0 Å². The van der Waals surface area contributed by atoms with Crippen molar-refractivity contribution in [3.05, 3.63) is 259 Å². The summed E-state index contributed by atoms with van der Waals surface area (Å²) in [5.41, 5.74) is 21.4. The van der Waals surface area contributed by atoms with Crippen molar-refractivity contribution >= 4 is 21.9 Å². The van der Waals surface area contributed by atoms with Crippen molar-refractivity contribution in [2.45, 2.75) is 5.41 Å². The molecule has 68 heavy (non-hydrogen) atoms. The van der Waals surface area contributed by atoms with Gasteiger partial charge in [0.05, 0.1) is 5.41 Å². The van der Waals surface area contributed by atoms with Gasteiger partial charge >= 0.3 is 0 Å². The monoisotopic (exact) mass is 865 g/mol. The molecule has 2 aromatic heterocycles. The van der Waals surface area contributed by atoms with Crippen molar-refractivity contribution < 1.29 is 4.42 Å². The Morgan fingerprint density at radius 2 is 0.647 bits per heavy atom. The van der Waals surface area contributed by atoms with Gasteiger partial charge in [-0.15, -0.1) is 0 Å². The molecular formula is C64H39N3O. The van der Waals surface area contributed by atoms with E-state index in [2.05, 4.69) is 200 Å². The first-order valence-electron chi connectivity index (χ1n) is 23.2. The summed E-state index contributed by atoms with van der Waals surface area (Å²) >= 11 is 0. The van der Waals surface area contributed by atoms with Gasteiger partial charge in [0.25, 0.3) is 0 Å². The molecule has 0 amide bonds. The van der Waals surface area contributed by atoms with Crippen LogP contribution in [0.5, 0.6) is 0 Å². The van der Waals surface area contributed by atoms with Gasteiger partial charge in [0, 0.05) is 27.5 Å². The predicted octanol–water partition coefficient (Wildman–Crippen LogP) is 16.1. The maximum Gasteiger partial charge on any atom is 0.164 e. The topological polar surface area (TPSA) is 51.8 Å². The Bertz CT molecular complexity index is 3920. The van der Waals surface area contributed by atoms with Crippen LogP contribution in [0.15, 0.2) is 241 Å². The van der Waals surface area contributed by atoms with Crippen LogP contribution in [0.25, 0.3) is 112 Å². The van der Waals surface area contributed by atoms with Gasteiger partial charge in [-0.25, -0.2) is 15.0 Å². The Kier molecular flexibility index (Phi) is 8.46. The highest BCUT2D eigenvalue weighted by molar-refractivity contribution is 6.07. The fourth-order valence-corrected chi connectivity index (χ4v) is 11.2. The normalized spacial score (nSPS) is 12.8. The number of furan rings is 1. The predicted molar refractivity (Wildman–Crippen MR) is 276 cm³/mol. The Morgan fingerprint density at radius 1 is 0.265 bits per heavy atom. The van der Waals surface area contributed by atoms with Crippen molar-refractivity contribution in [2.24, 2.45) is 0 Å². The largest absolute Gasteiger partial charge is 0.456 e. The third-order valence-electron chi connectivity index (χ3n) is 14.1. The second-order valence-electron chi connectivity index (χ2n) is 17.8. The van der Waals surface area contributed by atoms with Gasteiger partial charge in [-0.3, -0.25) is 0 Å². The van der Waals surface area contributed by atoms with Crippen LogP contribution in [0.1, 0.15) is 22.3 Å². The Morgan fingerprint density at radius 3 is 1.26 bits per heavy atom. The van der Waals surface area contributed by atoms with E-state index >= 15 is 0 Å². The highest BCUT2D eigenvalue weighted by Gasteiger charge is 2.52. The van der Waals surface area contributed by atoms with Crippen molar-refractivity contribution in [1.29, 1.82) is 0 Å². The summed E-state index contributed by atoms with van der Waals surface area (Å²) in [6.07, 6.45) is 0. The summed E-state index contributed by atoms with van der Waals surface area (Å²) in [6.45, 7) is 0. The molecule has 2 aliphatic carbocycles. The molecule has 2 aliphatic rings. The van der Waals surface area contributed by atoms with Crippen LogP contribution in [0.2, 0.25) is 0 Å². The van der Waals surface area contributed by atoms with Crippen LogP contribution in [0, 0.1) is 0 Å². The average molecular weight is 866 g/mol. The molecule has 0 aliphatic heterocycles. The van der Waals surface area contributed by atoms with E-state index < -0.39 is 5.41 Å². The second-order valence-corrected chi connectivity index (χ2v) is 17.8. The summed E-state index contributed by atoms with van der Waals surface area (Å²) in [5, 5.41) is 2.06. The van der Waals surface area contributed by atoms with Gasteiger partial charge < -0.3 is 4.42 Å². The standard InChI is InChI=1S/C64H39N3O/c1-3-16-40(17-4-1)44-32-34-58-53(38-44)54-39-47(33-35-59(54)68-58)63-66-61(41-18-5-2-6-19-41)65-62(67-63)46-23-14-21-43(37-46)42-20-13-22-45(36-42)48-27-15-28-52-51-26-9-12-31-57(51)64(60(48)52)55-29-10-7-24-49(55)50-25-8-11-30-56(50)64/h1-39H. The first-order valence-corrected chi connectivity index (χ1v) is 23.2. The minimum atomic E-state index is -0.446. The number of hydrogen-bond donors (Lipinski definition) is 0. The van der Waals surface area contributed by atoms with E-state index in [1.54, 1.807) is 0 Å². The van der Waals surface area contributed by atoms with E-state index in [1.807, 2.05) is 36.4 Å². The number of aromatic nitrogens is 3. The summed E-state index contributed by atoms with van der Waals surface area (Å²) in [6, 6.07) is 84.7. The van der Waals surface area contributed by atoms with E-state index in [1.165, 1.54) is 55.6 Å². The van der Waals surface area contributed by atoms with Crippen LogP contribution >= 0.6 is 0 Å². The zero-order valence-electron chi connectivity index (χ0n) is 36.8. The lowest BCUT2D eigenvalue weighted by Crippen LogP contribution is -2.26. The lowest BCUT2D eigenvalue weighted by atomic mass is 9.68. The lowest BCUT2D eigenvalue weighted by molar-refractivity contribution is 0.669. The van der Waals surface area contributed by atoms with Crippen LogP contribution in [0.4, 0.5) is 0 Å². The molecule has 4 nitrogen and oxygen atoms in total. The van der Waals surface area contributed by atoms with Crippen LogP contribution in [-0.4, -0.2) is 15.0 Å². The molecule has 10 aromatic carbocycles. The Labute approximate surface area is 393 Å². The molecule has 0 bridgehead atoms. The molecule has 0 radical (unpaired) electrons. The summed E-state index contributed by atoms with van der Waals surface area (Å²) in [4.78, 5) is 15.5. The lowest BCUT2D eigenvalue weighted by Gasteiger charge is -2.32. The number of benzene rings is 10. The molecular weight excluding hydrogens is 827 g/mol. The van der Waals surface area contributed by atoms with Gasteiger partial charge in [-0.05, 0) is 120 Å². The zero-order chi connectivity index (χ0) is 44.8. The molecule has 0 fully saturated rings. The number of rotatable bonds is 6. The highest BCUT2D eigenvalue weighted by Crippen LogP contribution is 2.64. The van der Waals surface area contributed by atoms with E-state index in [9.17, 15) is 0 Å². The minimum absolute atomic E-state index is 0.446. The smallest absolute Gasteiger partial charge is 0.164 e. The maximum absolute atomic E-state index is 6.35. The molecule has 2 heterocycles. The third-order valence-corrected chi connectivity index (χ3v) is 14.1. The maximum atomic E-state index is 6.35. The van der Waals surface area contributed by atoms with E-state index in [0.717, 1.165) is 60.9 Å². The quantitative estimate of drug-likeness (QED) is 0.167. The zero-order valence-corrected chi connectivity index (χ0v) is 36.8. The summed E-state index contributed by atoms with van der Waals surface area (Å²) in [5.74, 6) is 1.82. The Hall–Kier alpha value is -8.99. The summed E-state index contributed by atoms with van der Waals surface area (Å²) < 4.78 is 6.35. The first-order chi connectivity index (χ1) is 33.7. The average Bonchev–Trinajstić information content (AvgIpc) is 4.05. The number of fused-ring (bicyclic) bond motifs is 13. The fraction of sp³-hybridized carbons (Fsp3) is 0.0156. The van der Waals surface area contributed by atoms with Crippen molar-refractivity contribution in [3.8, 4) is 89.8 Å². The van der Waals surface area contributed by atoms with Gasteiger partial charge in [0.2, 0.25) is 0 Å². The van der Waals surface area contributed by atoms with Gasteiger partial charge in [0.15, 0.2) is 17.5 Å². The molecule has 0 saturated heterocycles. The van der Waals surface area contributed by atoms with E-state index in [4.69, 9.17) is 19.4 Å². The first kappa shape index (κ1) is 38.3. The molecule has 0 N–H and O–H groups in total. The van der Waals surface area contributed by atoms with Crippen LogP contribution < -0.4 is 0 Å². The molecule has 0 saturated carbocycles. The highest BCUT2D eigenvalue weighted by atomic mass is 16.3. The van der Waals surface area contributed by atoms with E-state index in [0.29, 0.717) is 17.5 Å². The SMILES string of the molecule is c1ccc(-c2ccc3oc4ccc(-c5nc(-c6ccccc6)nc(-c6cccc(-c7cccc(-c8cccc9c8C8(c%10ccccc%10-c%10ccccc%108)c8ccccc8-9)c7)c6)n5)cc4c3c2)cc1. The molecule has 14 rings (SSSR count). The molecule has 0 atom stereocenters. The van der Waals surface area contributed by atoms with Crippen LogP contribution in [-0.2, 0) is 5.41 Å². The number of nitrogens with zero attached hydrogens (tertiary/aromatic N) is 3. The van der Waals surface area contributed by atoms with E-state index in [-0.39, 0.29) is 0 Å². The van der Waals surface area contributed by atoms with Crippen molar-refractivity contribution in [2.75, 3.05) is 0 Å². The minimum Gasteiger partial charge on any atom is -0.456 e.